The van der Waals surface area contributed by atoms with Gasteiger partial charge in [0.2, 0.25) is 5.95 Å². The number of aromatic nitrogens is 5. The van der Waals surface area contributed by atoms with Crippen LogP contribution in [0.2, 0.25) is 0 Å². The normalized spacial score (nSPS) is 10.7. The van der Waals surface area contributed by atoms with Gasteiger partial charge in [0.05, 0.1) is 0 Å². The Balaban J connectivity index is 2.47. The lowest BCUT2D eigenvalue weighted by Crippen LogP contribution is -2.14. The van der Waals surface area contributed by atoms with Crippen LogP contribution >= 0.6 is 0 Å². The van der Waals surface area contributed by atoms with Gasteiger partial charge in [-0.1, -0.05) is 0 Å². The second kappa shape index (κ2) is 4.91. The summed E-state index contributed by atoms with van der Waals surface area (Å²) in [4.78, 5) is 19.3. The molecule has 0 atom stereocenters. The van der Waals surface area contributed by atoms with E-state index in [-0.39, 0.29) is 6.04 Å². The van der Waals surface area contributed by atoms with Crippen molar-refractivity contribution >= 4 is 12.2 Å². The topological polar surface area (TPSA) is 85.6 Å². The molecule has 94 valence electrons. The summed E-state index contributed by atoms with van der Waals surface area (Å²) < 4.78 is 1.73. The summed E-state index contributed by atoms with van der Waals surface area (Å²) in [6, 6.07) is 1.77. The molecule has 2 heterocycles. The van der Waals surface area contributed by atoms with Crippen LogP contribution in [-0.2, 0) is 7.05 Å². The molecule has 0 aliphatic rings. The molecule has 0 fully saturated rings. The van der Waals surface area contributed by atoms with Crippen molar-refractivity contribution in [1.29, 1.82) is 0 Å². The fourth-order valence-electron chi connectivity index (χ4n) is 1.48. The van der Waals surface area contributed by atoms with Crippen LogP contribution < -0.4 is 5.32 Å². The molecule has 18 heavy (non-hydrogen) atoms. The second-order valence-electron chi connectivity index (χ2n) is 4.18. The van der Waals surface area contributed by atoms with E-state index in [1.54, 1.807) is 17.0 Å². The quantitative estimate of drug-likeness (QED) is 0.807. The van der Waals surface area contributed by atoms with Crippen LogP contribution in [0.25, 0.3) is 11.5 Å². The van der Waals surface area contributed by atoms with E-state index in [9.17, 15) is 4.79 Å². The molecule has 0 unspecified atom stereocenters. The third-order valence-electron chi connectivity index (χ3n) is 2.22. The molecule has 0 aliphatic carbocycles. The highest BCUT2D eigenvalue weighted by atomic mass is 16.1. The minimum absolute atomic E-state index is 0.180. The Morgan fingerprint density at radius 1 is 1.39 bits per heavy atom. The maximum atomic E-state index is 10.9. The molecule has 0 radical (unpaired) electrons. The van der Waals surface area contributed by atoms with Gasteiger partial charge in [0.25, 0.3) is 0 Å². The van der Waals surface area contributed by atoms with Gasteiger partial charge >= 0.3 is 0 Å². The van der Waals surface area contributed by atoms with Gasteiger partial charge in [-0.25, -0.2) is 9.97 Å². The van der Waals surface area contributed by atoms with Crippen LogP contribution in [0.4, 0.5) is 5.95 Å². The monoisotopic (exact) mass is 246 g/mol. The van der Waals surface area contributed by atoms with Gasteiger partial charge in [0.1, 0.15) is 17.7 Å². The van der Waals surface area contributed by atoms with Crippen molar-refractivity contribution in [3.63, 3.8) is 0 Å². The van der Waals surface area contributed by atoms with Crippen LogP contribution in [0.15, 0.2) is 12.4 Å². The fourth-order valence-corrected chi connectivity index (χ4v) is 1.48. The third kappa shape index (κ3) is 2.50. The van der Waals surface area contributed by atoms with Gasteiger partial charge < -0.3 is 9.88 Å². The first-order valence-corrected chi connectivity index (χ1v) is 5.55. The van der Waals surface area contributed by atoms with Gasteiger partial charge in [-0.15, -0.1) is 10.2 Å². The average Bonchev–Trinajstić information content (AvgIpc) is 2.74. The molecule has 2 aromatic heterocycles. The number of hydrogen-bond donors (Lipinski definition) is 1. The lowest BCUT2D eigenvalue weighted by molar-refractivity contribution is 0.111. The van der Waals surface area contributed by atoms with E-state index in [2.05, 4.69) is 25.5 Å². The van der Waals surface area contributed by atoms with E-state index in [4.69, 9.17) is 0 Å². The molecular formula is C11H14N6O. The van der Waals surface area contributed by atoms with Gasteiger partial charge in [-0.05, 0) is 19.9 Å². The van der Waals surface area contributed by atoms with E-state index in [0.717, 1.165) is 0 Å². The zero-order valence-corrected chi connectivity index (χ0v) is 10.5. The Hall–Kier alpha value is -2.31. The summed E-state index contributed by atoms with van der Waals surface area (Å²) in [6.45, 7) is 3.94. The van der Waals surface area contributed by atoms with Gasteiger partial charge in [0, 0.05) is 13.1 Å². The number of aldehydes is 1. The van der Waals surface area contributed by atoms with Crippen molar-refractivity contribution < 1.29 is 4.79 Å². The Labute approximate surface area is 104 Å². The summed E-state index contributed by atoms with van der Waals surface area (Å²) in [7, 11) is 1.81. The van der Waals surface area contributed by atoms with E-state index in [1.165, 1.54) is 0 Å². The Bertz CT molecular complexity index is 562. The summed E-state index contributed by atoms with van der Waals surface area (Å²) in [5.41, 5.74) is 0.876. The molecule has 0 bridgehead atoms. The molecule has 0 aliphatic heterocycles. The molecule has 0 aromatic carbocycles. The number of hydrogen-bond acceptors (Lipinski definition) is 6. The fraction of sp³-hybridized carbons (Fsp3) is 0.364. The van der Waals surface area contributed by atoms with E-state index < -0.39 is 0 Å². The summed E-state index contributed by atoms with van der Waals surface area (Å²) in [5.74, 6) is 1.000. The molecule has 7 nitrogen and oxygen atoms in total. The lowest BCUT2D eigenvalue weighted by Gasteiger charge is -2.09. The number of nitrogens with one attached hydrogen (secondary N) is 1. The zero-order chi connectivity index (χ0) is 13.1. The van der Waals surface area contributed by atoms with Crippen LogP contribution in [0.5, 0.6) is 0 Å². The molecule has 0 saturated heterocycles. The van der Waals surface area contributed by atoms with Gasteiger partial charge in [-0.2, -0.15) is 0 Å². The molecule has 0 amide bonds. The first-order valence-electron chi connectivity index (χ1n) is 5.55. The van der Waals surface area contributed by atoms with Crippen LogP contribution in [-0.4, -0.2) is 37.1 Å². The number of aryl methyl sites for hydroxylation is 1. The minimum Gasteiger partial charge on any atom is -0.352 e. The highest BCUT2D eigenvalue weighted by molar-refractivity contribution is 5.74. The first kappa shape index (κ1) is 12.2. The molecule has 2 aromatic rings. The number of anilines is 1. The molecule has 7 heteroatoms. The average molecular weight is 246 g/mol. The van der Waals surface area contributed by atoms with E-state index in [0.29, 0.717) is 29.4 Å². The van der Waals surface area contributed by atoms with Crippen molar-refractivity contribution in [2.24, 2.45) is 7.05 Å². The van der Waals surface area contributed by atoms with Crippen molar-refractivity contribution in [3.8, 4) is 11.5 Å². The predicted octanol–water partition coefficient (Wildman–Crippen LogP) is 0.905. The van der Waals surface area contributed by atoms with Gasteiger partial charge in [0.15, 0.2) is 12.1 Å². The molecule has 1 N–H and O–H groups in total. The summed E-state index contributed by atoms with van der Waals surface area (Å²) >= 11 is 0. The zero-order valence-electron chi connectivity index (χ0n) is 10.5. The predicted molar refractivity (Wildman–Crippen MR) is 66.2 cm³/mol. The lowest BCUT2D eigenvalue weighted by atomic mass is 10.3. The van der Waals surface area contributed by atoms with Crippen molar-refractivity contribution in [2.45, 2.75) is 19.9 Å². The standard InChI is InChI=1S/C11H14N6O/c1-7(2)13-11-14-8(5-18)4-9(15-11)10-16-12-6-17(10)3/h4-7H,1-3H3,(H,13,14,15). The number of nitrogens with zero attached hydrogens (tertiary/aromatic N) is 5. The van der Waals surface area contributed by atoms with Crippen LogP contribution in [0.1, 0.15) is 24.3 Å². The Kier molecular flexibility index (Phi) is 3.31. The van der Waals surface area contributed by atoms with E-state index >= 15 is 0 Å². The molecule has 0 saturated carbocycles. The highest BCUT2D eigenvalue weighted by Crippen LogP contribution is 2.15. The first-order chi connectivity index (χ1) is 8.60. The summed E-state index contributed by atoms with van der Waals surface area (Å²) in [6.07, 6.45) is 2.26. The third-order valence-corrected chi connectivity index (χ3v) is 2.22. The van der Waals surface area contributed by atoms with Crippen molar-refractivity contribution in [3.05, 3.63) is 18.1 Å². The molecule has 2 rings (SSSR count). The second-order valence-corrected chi connectivity index (χ2v) is 4.18. The molecule has 0 spiro atoms. The number of carbonyl (C=O) groups excluding carboxylic acids is 1. The number of rotatable bonds is 4. The number of carbonyl (C=O) groups is 1. The smallest absolute Gasteiger partial charge is 0.224 e. The van der Waals surface area contributed by atoms with E-state index in [1.807, 2.05) is 20.9 Å². The van der Waals surface area contributed by atoms with Gasteiger partial charge in [-0.3, -0.25) is 4.79 Å². The Morgan fingerprint density at radius 2 is 2.17 bits per heavy atom. The maximum Gasteiger partial charge on any atom is 0.224 e. The minimum atomic E-state index is 0.180. The van der Waals surface area contributed by atoms with Crippen LogP contribution in [0.3, 0.4) is 0 Å². The largest absolute Gasteiger partial charge is 0.352 e. The van der Waals surface area contributed by atoms with Crippen molar-refractivity contribution in [2.75, 3.05) is 5.32 Å². The summed E-state index contributed by atoms with van der Waals surface area (Å²) in [5, 5.41) is 10.8. The molecular weight excluding hydrogens is 232 g/mol. The maximum absolute atomic E-state index is 10.9. The van der Waals surface area contributed by atoms with Crippen LogP contribution in [0, 0.1) is 0 Å². The SMILES string of the molecule is CC(C)Nc1nc(C=O)cc(-c2nncn2C)n1. The highest BCUT2D eigenvalue weighted by Gasteiger charge is 2.11. The Morgan fingerprint density at radius 3 is 2.72 bits per heavy atom. The van der Waals surface area contributed by atoms with Crippen molar-refractivity contribution in [1.82, 2.24) is 24.7 Å².